The molecule has 0 aromatic carbocycles. The summed E-state index contributed by atoms with van der Waals surface area (Å²) in [5, 5.41) is 14.4. The van der Waals surface area contributed by atoms with Crippen molar-refractivity contribution in [2.24, 2.45) is 11.7 Å². The lowest BCUT2D eigenvalue weighted by Gasteiger charge is -2.08. The molecule has 1 heterocycles. The number of amidine groups is 1. The highest BCUT2D eigenvalue weighted by molar-refractivity contribution is 7.99. The number of nitrogens with zero attached hydrogens (tertiary/aromatic N) is 2. The summed E-state index contributed by atoms with van der Waals surface area (Å²) in [6, 6.07) is 0.321. The van der Waals surface area contributed by atoms with E-state index in [0.717, 1.165) is 12.8 Å². The molecule has 1 unspecified atom stereocenters. The fourth-order valence-corrected chi connectivity index (χ4v) is 2.40. The van der Waals surface area contributed by atoms with E-state index < -0.39 is 0 Å². The maximum Gasteiger partial charge on any atom is 0.344 e. The zero-order valence-electron chi connectivity index (χ0n) is 9.06. The van der Waals surface area contributed by atoms with Gasteiger partial charge in [-0.15, -0.1) is 5.10 Å². The molecule has 0 aliphatic heterocycles. The second-order valence-corrected chi connectivity index (χ2v) is 5.07. The van der Waals surface area contributed by atoms with Crippen LogP contribution >= 0.6 is 11.8 Å². The third-order valence-corrected chi connectivity index (χ3v) is 3.79. The van der Waals surface area contributed by atoms with Gasteiger partial charge in [0.1, 0.15) is 0 Å². The molecule has 0 saturated heterocycles. The Balaban J connectivity index is 2.04. The van der Waals surface area contributed by atoms with Gasteiger partial charge in [-0.3, -0.25) is 9.98 Å². The average Bonchev–Trinajstić information content (AvgIpc) is 3.00. The van der Waals surface area contributed by atoms with Gasteiger partial charge < -0.3 is 5.73 Å². The molecule has 0 spiro atoms. The maximum absolute atomic E-state index is 11.5. The van der Waals surface area contributed by atoms with Crippen LogP contribution in [0.1, 0.15) is 25.8 Å². The summed E-state index contributed by atoms with van der Waals surface area (Å²) in [4.78, 5) is 11.5. The highest BCUT2D eigenvalue weighted by atomic mass is 32.2. The van der Waals surface area contributed by atoms with Crippen molar-refractivity contribution in [1.82, 2.24) is 14.8 Å². The minimum absolute atomic E-state index is 0.00413. The summed E-state index contributed by atoms with van der Waals surface area (Å²) in [6.45, 7) is 1.89. The van der Waals surface area contributed by atoms with E-state index in [1.165, 1.54) is 11.8 Å². The van der Waals surface area contributed by atoms with Crippen LogP contribution in [0.15, 0.2) is 9.95 Å². The number of aromatic nitrogens is 3. The Morgan fingerprint density at radius 1 is 1.81 bits per heavy atom. The molecule has 1 aliphatic rings. The highest BCUT2D eigenvalue weighted by Crippen LogP contribution is 2.36. The van der Waals surface area contributed by atoms with Gasteiger partial charge in [0.05, 0.1) is 5.84 Å². The second-order valence-electron chi connectivity index (χ2n) is 4.08. The van der Waals surface area contributed by atoms with Gasteiger partial charge in [-0.2, -0.15) is 0 Å². The Kier molecular flexibility index (Phi) is 3.04. The molecule has 1 fully saturated rings. The lowest BCUT2D eigenvalue weighted by atomic mass is 10.2. The van der Waals surface area contributed by atoms with E-state index in [2.05, 4.69) is 10.2 Å². The summed E-state index contributed by atoms with van der Waals surface area (Å²) in [5.41, 5.74) is 5.25. The van der Waals surface area contributed by atoms with Crippen molar-refractivity contribution < 1.29 is 0 Å². The maximum atomic E-state index is 11.5. The largest absolute Gasteiger partial charge is 0.387 e. The molecule has 1 aliphatic carbocycles. The molecular formula is C9H15N5OS. The van der Waals surface area contributed by atoms with Gasteiger partial charge in [-0.1, -0.05) is 18.7 Å². The van der Waals surface area contributed by atoms with E-state index in [9.17, 15) is 4.79 Å². The van der Waals surface area contributed by atoms with Crippen molar-refractivity contribution in [3.05, 3.63) is 10.5 Å². The quantitative estimate of drug-likeness (QED) is 0.398. The lowest BCUT2D eigenvalue weighted by molar-refractivity contribution is 0.641. The number of nitrogens with one attached hydrogen (secondary N) is 2. The van der Waals surface area contributed by atoms with Crippen LogP contribution in [-0.4, -0.2) is 26.4 Å². The number of nitrogens with two attached hydrogens (primary N) is 1. The molecular weight excluding hydrogens is 226 g/mol. The van der Waals surface area contributed by atoms with Gasteiger partial charge >= 0.3 is 5.69 Å². The Morgan fingerprint density at radius 3 is 3.06 bits per heavy atom. The molecule has 1 saturated carbocycles. The number of hydrogen-bond donors (Lipinski definition) is 3. The fourth-order valence-electron chi connectivity index (χ4n) is 1.34. The molecule has 7 heteroatoms. The van der Waals surface area contributed by atoms with E-state index >= 15 is 0 Å². The normalized spacial score (nSPS) is 17.3. The van der Waals surface area contributed by atoms with Crippen LogP contribution in [0.3, 0.4) is 0 Å². The summed E-state index contributed by atoms with van der Waals surface area (Å²) < 4.78 is 1.71. The topological polar surface area (TPSA) is 101 Å². The lowest BCUT2D eigenvalue weighted by Crippen LogP contribution is -2.22. The van der Waals surface area contributed by atoms with E-state index in [1.807, 2.05) is 6.92 Å². The second kappa shape index (κ2) is 4.32. The zero-order valence-corrected chi connectivity index (χ0v) is 9.88. The Labute approximate surface area is 97.1 Å². The summed E-state index contributed by atoms with van der Waals surface area (Å²) in [7, 11) is 0. The van der Waals surface area contributed by atoms with E-state index in [4.69, 9.17) is 11.1 Å². The Morgan fingerprint density at radius 2 is 2.50 bits per heavy atom. The molecule has 0 amide bonds. The summed E-state index contributed by atoms with van der Waals surface area (Å²) >= 11 is 1.47. The highest BCUT2D eigenvalue weighted by Gasteiger charge is 2.28. The number of hydrogen-bond acceptors (Lipinski definition) is 4. The van der Waals surface area contributed by atoms with Gasteiger partial charge in [0, 0.05) is 17.7 Å². The average molecular weight is 241 g/mol. The number of H-pyrrole nitrogens is 1. The molecule has 0 radical (unpaired) electrons. The zero-order chi connectivity index (χ0) is 11.7. The number of aromatic amines is 1. The van der Waals surface area contributed by atoms with E-state index in [1.54, 1.807) is 4.57 Å². The van der Waals surface area contributed by atoms with Crippen LogP contribution in [0, 0.1) is 11.3 Å². The van der Waals surface area contributed by atoms with Crippen LogP contribution < -0.4 is 11.4 Å². The van der Waals surface area contributed by atoms with Crippen LogP contribution in [-0.2, 0) is 0 Å². The van der Waals surface area contributed by atoms with Gasteiger partial charge in [0.2, 0.25) is 0 Å². The Hall–Kier alpha value is -1.24. The first-order chi connectivity index (χ1) is 7.59. The van der Waals surface area contributed by atoms with Crippen molar-refractivity contribution in [2.75, 3.05) is 5.75 Å². The van der Waals surface area contributed by atoms with Crippen molar-refractivity contribution in [2.45, 2.75) is 31.0 Å². The first kappa shape index (κ1) is 11.3. The van der Waals surface area contributed by atoms with Gasteiger partial charge in [-0.25, -0.2) is 9.89 Å². The predicted octanol–water partition coefficient (Wildman–Crippen LogP) is 0.570. The summed E-state index contributed by atoms with van der Waals surface area (Å²) in [5.74, 6) is 0.847. The smallest absolute Gasteiger partial charge is 0.344 e. The summed E-state index contributed by atoms with van der Waals surface area (Å²) in [6.07, 6.45) is 2.10. The SMILES string of the molecule is CC(CSc1n[nH]c(=O)n1C1CC1)C(=N)N. The van der Waals surface area contributed by atoms with Crippen molar-refractivity contribution in [3.8, 4) is 0 Å². The molecule has 0 bridgehead atoms. The standard InChI is InChI=1S/C9H15N5OS/c1-5(7(10)11)4-16-9-13-12-8(15)14(9)6-2-3-6/h5-6H,2-4H2,1H3,(H3,10,11)(H,12,15). The van der Waals surface area contributed by atoms with E-state index in [-0.39, 0.29) is 17.4 Å². The minimum Gasteiger partial charge on any atom is -0.387 e. The van der Waals surface area contributed by atoms with Crippen molar-refractivity contribution >= 4 is 17.6 Å². The molecule has 16 heavy (non-hydrogen) atoms. The van der Waals surface area contributed by atoms with Crippen molar-refractivity contribution in [3.63, 3.8) is 0 Å². The molecule has 1 aromatic rings. The molecule has 88 valence electrons. The van der Waals surface area contributed by atoms with Crippen LogP contribution in [0.4, 0.5) is 0 Å². The fraction of sp³-hybridized carbons (Fsp3) is 0.667. The van der Waals surface area contributed by atoms with Crippen molar-refractivity contribution in [1.29, 1.82) is 5.41 Å². The Bertz CT molecular complexity index is 447. The minimum atomic E-state index is -0.138. The van der Waals surface area contributed by atoms with Crippen LogP contribution in [0.2, 0.25) is 0 Å². The number of thioether (sulfide) groups is 1. The van der Waals surface area contributed by atoms with Gasteiger partial charge in [0.15, 0.2) is 5.16 Å². The van der Waals surface area contributed by atoms with Gasteiger partial charge in [0.25, 0.3) is 0 Å². The number of rotatable bonds is 5. The van der Waals surface area contributed by atoms with Crippen LogP contribution in [0.5, 0.6) is 0 Å². The third kappa shape index (κ3) is 2.29. The molecule has 6 nitrogen and oxygen atoms in total. The third-order valence-electron chi connectivity index (χ3n) is 2.58. The van der Waals surface area contributed by atoms with Crippen LogP contribution in [0.25, 0.3) is 0 Å². The monoisotopic (exact) mass is 241 g/mol. The first-order valence-corrected chi connectivity index (χ1v) is 6.21. The van der Waals surface area contributed by atoms with E-state index in [0.29, 0.717) is 17.0 Å². The van der Waals surface area contributed by atoms with Gasteiger partial charge in [-0.05, 0) is 12.8 Å². The molecule has 2 rings (SSSR count). The first-order valence-electron chi connectivity index (χ1n) is 5.23. The predicted molar refractivity (Wildman–Crippen MR) is 62.9 cm³/mol. The molecule has 1 aromatic heterocycles. The molecule has 4 N–H and O–H groups in total. The molecule has 1 atom stereocenters.